The number of hydrogen-bond acceptors (Lipinski definition) is 3. The second-order valence-electron chi connectivity index (χ2n) is 6.04. The Bertz CT molecular complexity index is 418. The molecule has 2 heterocycles. The second-order valence-corrected chi connectivity index (χ2v) is 6.04. The first kappa shape index (κ1) is 13.1. The molecule has 1 aromatic carbocycles. The molecule has 0 amide bonds. The highest BCUT2D eigenvalue weighted by Gasteiger charge is 2.22. The van der Waals surface area contributed by atoms with E-state index in [0.29, 0.717) is 6.04 Å². The summed E-state index contributed by atoms with van der Waals surface area (Å²) >= 11 is 0. The molecule has 1 saturated heterocycles. The number of benzene rings is 1. The molecule has 1 fully saturated rings. The van der Waals surface area contributed by atoms with Crippen LogP contribution in [0, 0.1) is 5.92 Å². The highest BCUT2D eigenvalue weighted by atomic mass is 15.1. The maximum absolute atomic E-state index is 3.81. The lowest BCUT2D eigenvalue weighted by atomic mass is 9.98. The molecule has 3 rings (SSSR count). The van der Waals surface area contributed by atoms with Gasteiger partial charge in [0, 0.05) is 19.1 Å². The van der Waals surface area contributed by atoms with Crippen LogP contribution in [0.4, 0.5) is 0 Å². The number of hydrogen-bond donors (Lipinski definition) is 2. The van der Waals surface area contributed by atoms with Crippen LogP contribution < -0.4 is 10.6 Å². The van der Waals surface area contributed by atoms with Crippen LogP contribution in [-0.4, -0.2) is 38.1 Å². The molecule has 2 atom stereocenters. The Balaban J connectivity index is 1.64. The topological polar surface area (TPSA) is 27.3 Å². The molecular weight excluding hydrogens is 234 g/mol. The summed E-state index contributed by atoms with van der Waals surface area (Å²) in [5.41, 5.74) is 2.96. The lowest BCUT2D eigenvalue weighted by molar-refractivity contribution is 0.375. The van der Waals surface area contributed by atoms with Gasteiger partial charge in [-0.1, -0.05) is 24.3 Å². The molecule has 104 valence electrons. The Hall–Kier alpha value is -0.900. The Morgan fingerprint density at radius 2 is 2.21 bits per heavy atom. The molecule has 0 radical (unpaired) electrons. The van der Waals surface area contributed by atoms with Crippen LogP contribution >= 0.6 is 0 Å². The van der Waals surface area contributed by atoms with Crippen molar-refractivity contribution in [3.8, 4) is 0 Å². The molecule has 2 N–H and O–H groups in total. The minimum atomic E-state index is 0.525. The maximum Gasteiger partial charge on any atom is 0.0335 e. The highest BCUT2D eigenvalue weighted by Crippen LogP contribution is 2.24. The van der Waals surface area contributed by atoms with Crippen molar-refractivity contribution >= 4 is 0 Å². The fraction of sp³-hybridized carbons (Fsp3) is 0.625. The normalized spacial score (nSPS) is 28.1. The van der Waals surface area contributed by atoms with Crippen molar-refractivity contribution in [1.82, 2.24) is 15.5 Å². The van der Waals surface area contributed by atoms with Gasteiger partial charge in [0.1, 0.15) is 0 Å². The van der Waals surface area contributed by atoms with Gasteiger partial charge >= 0.3 is 0 Å². The minimum Gasteiger partial charge on any atom is -0.313 e. The SMILES string of the molecule is CN1CCC(CNC2CCNCc3ccccc32)C1. The third kappa shape index (κ3) is 3.16. The summed E-state index contributed by atoms with van der Waals surface area (Å²) in [4.78, 5) is 2.44. The summed E-state index contributed by atoms with van der Waals surface area (Å²) in [6, 6.07) is 9.39. The van der Waals surface area contributed by atoms with Crippen molar-refractivity contribution < 1.29 is 0 Å². The van der Waals surface area contributed by atoms with Crippen molar-refractivity contribution in [2.75, 3.05) is 33.2 Å². The summed E-state index contributed by atoms with van der Waals surface area (Å²) in [7, 11) is 2.23. The molecule has 3 heteroatoms. The van der Waals surface area contributed by atoms with Gasteiger partial charge in [-0.15, -0.1) is 0 Å². The van der Waals surface area contributed by atoms with E-state index in [9.17, 15) is 0 Å². The molecule has 2 aliphatic heterocycles. The van der Waals surface area contributed by atoms with Gasteiger partial charge in [-0.25, -0.2) is 0 Å². The summed E-state index contributed by atoms with van der Waals surface area (Å²) in [5.74, 6) is 0.827. The van der Waals surface area contributed by atoms with Crippen molar-refractivity contribution in [3.05, 3.63) is 35.4 Å². The van der Waals surface area contributed by atoms with Gasteiger partial charge in [0.05, 0.1) is 0 Å². The van der Waals surface area contributed by atoms with E-state index in [2.05, 4.69) is 46.8 Å². The molecule has 0 saturated carbocycles. The fourth-order valence-electron chi connectivity index (χ4n) is 3.37. The smallest absolute Gasteiger partial charge is 0.0335 e. The van der Waals surface area contributed by atoms with Gasteiger partial charge in [-0.05, 0) is 56.6 Å². The second kappa shape index (κ2) is 6.04. The van der Waals surface area contributed by atoms with Crippen molar-refractivity contribution in [2.24, 2.45) is 5.92 Å². The van der Waals surface area contributed by atoms with E-state index >= 15 is 0 Å². The largest absolute Gasteiger partial charge is 0.313 e. The first-order valence-electron chi connectivity index (χ1n) is 7.53. The molecule has 1 aromatic rings. The fourth-order valence-corrected chi connectivity index (χ4v) is 3.37. The highest BCUT2D eigenvalue weighted by molar-refractivity contribution is 5.31. The molecule has 0 aromatic heterocycles. The molecule has 2 aliphatic rings. The van der Waals surface area contributed by atoms with E-state index in [1.54, 1.807) is 0 Å². The molecule has 19 heavy (non-hydrogen) atoms. The standard InChI is InChI=1S/C16H25N3/c1-19-9-7-13(12-19)10-18-16-6-8-17-11-14-4-2-3-5-15(14)16/h2-5,13,16-18H,6-12H2,1H3. The van der Waals surface area contributed by atoms with Crippen molar-refractivity contribution in [1.29, 1.82) is 0 Å². The van der Waals surface area contributed by atoms with E-state index < -0.39 is 0 Å². The first-order valence-corrected chi connectivity index (χ1v) is 7.53. The van der Waals surface area contributed by atoms with Gasteiger partial charge in [0.25, 0.3) is 0 Å². The third-order valence-electron chi connectivity index (χ3n) is 4.50. The van der Waals surface area contributed by atoms with Crippen LogP contribution in [0.2, 0.25) is 0 Å². The Morgan fingerprint density at radius 1 is 1.32 bits per heavy atom. The zero-order valence-electron chi connectivity index (χ0n) is 11.9. The maximum atomic E-state index is 3.81. The molecule has 0 bridgehead atoms. The van der Waals surface area contributed by atoms with Crippen molar-refractivity contribution in [2.45, 2.75) is 25.4 Å². The van der Waals surface area contributed by atoms with Crippen molar-refractivity contribution in [3.63, 3.8) is 0 Å². The van der Waals surface area contributed by atoms with E-state index in [1.165, 1.54) is 37.1 Å². The van der Waals surface area contributed by atoms with Crippen LogP contribution in [-0.2, 0) is 6.54 Å². The number of rotatable bonds is 3. The van der Waals surface area contributed by atoms with Gasteiger partial charge < -0.3 is 15.5 Å². The van der Waals surface area contributed by atoms with Gasteiger partial charge in [-0.2, -0.15) is 0 Å². The predicted octanol–water partition coefficient (Wildman–Crippen LogP) is 1.76. The van der Waals surface area contributed by atoms with Crippen LogP contribution in [0.15, 0.2) is 24.3 Å². The summed E-state index contributed by atoms with van der Waals surface area (Å²) in [6.45, 7) is 5.79. The van der Waals surface area contributed by atoms with Crippen LogP contribution in [0.3, 0.4) is 0 Å². The van der Waals surface area contributed by atoms with Gasteiger partial charge in [0.2, 0.25) is 0 Å². The van der Waals surface area contributed by atoms with E-state index in [0.717, 1.165) is 25.6 Å². The van der Waals surface area contributed by atoms with Crippen LogP contribution in [0.25, 0.3) is 0 Å². The third-order valence-corrected chi connectivity index (χ3v) is 4.50. The van der Waals surface area contributed by atoms with Gasteiger partial charge in [-0.3, -0.25) is 0 Å². The number of fused-ring (bicyclic) bond motifs is 1. The molecule has 0 spiro atoms. The number of nitrogens with zero attached hydrogens (tertiary/aromatic N) is 1. The number of likely N-dealkylation sites (tertiary alicyclic amines) is 1. The van der Waals surface area contributed by atoms with Crippen LogP contribution in [0.5, 0.6) is 0 Å². The predicted molar refractivity (Wildman–Crippen MR) is 79.1 cm³/mol. The van der Waals surface area contributed by atoms with E-state index in [1.807, 2.05) is 0 Å². The Labute approximate surface area is 116 Å². The number of nitrogens with one attached hydrogen (secondary N) is 2. The molecule has 0 aliphatic carbocycles. The summed E-state index contributed by atoms with van der Waals surface area (Å²) in [5, 5.41) is 7.33. The van der Waals surface area contributed by atoms with Crippen LogP contribution in [0.1, 0.15) is 30.0 Å². The molecule has 2 unspecified atom stereocenters. The van der Waals surface area contributed by atoms with E-state index in [-0.39, 0.29) is 0 Å². The van der Waals surface area contributed by atoms with Gasteiger partial charge in [0.15, 0.2) is 0 Å². The zero-order valence-corrected chi connectivity index (χ0v) is 11.9. The Kier molecular flexibility index (Phi) is 4.16. The molecule has 3 nitrogen and oxygen atoms in total. The lowest BCUT2D eigenvalue weighted by Gasteiger charge is -2.21. The summed E-state index contributed by atoms with van der Waals surface area (Å²) < 4.78 is 0. The minimum absolute atomic E-state index is 0.525. The first-order chi connectivity index (χ1) is 9.33. The lowest BCUT2D eigenvalue weighted by Crippen LogP contribution is -2.29. The zero-order chi connectivity index (χ0) is 13.1. The summed E-state index contributed by atoms with van der Waals surface area (Å²) in [6.07, 6.45) is 2.54. The average molecular weight is 259 g/mol. The molecular formula is C16H25N3. The van der Waals surface area contributed by atoms with E-state index in [4.69, 9.17) is 0 Å². The monoisotopic (exact) mass is 259 g/mol. The average Bonchev–Trinajstić information content (AvgIpc) is 2.73. The quantitative estimate of drug-likeness (QED) is 0.866. The Morgan fingerprint density at radius 3 is 3.05 bits per heavy atom.